The first-order chi connectivity index (χ1) is 19.1. The van der Waals surface area contributed by atoms with Crippen LogP contribution in [0.15, 0.2) is 67.1 Å². The minimum atomic E-state index is -0.437. The lowest BCUT2D eigenvalue weighted by Crippen LogP contribution is -2.29. The zero-order valence-electron chi connectivity index (χ0n) is 21.1. The van der Waals surface area contributed by atoms with Crippen LogP contribution in [0.2, 0.25) is 0 Å². The van der Waals surface area contributed by atoms with Gasteiger partial charge in [0.15, 0.2) is 17.3 Å². The van der Waals surface area contributed by atoms with Crippen LogP contribution in [0.4, 0.5) is 8.78 Å². The van der Waals surface area contributed by atoms with Crippen LogP contribution in [-0.2, 0) is 6.54 Å². The SMILES string of the molecule is Fc1ccccc1-c1ccnc2nc(-c3[nH]nc4c(F)cc(-c5cncc(CN6CCCCC6)c5)cc34)[nH]c12. The molecule has 0 saturated carbocycles. The van der Waals surface area contributed by atoms with Gasteiger partial charge in [-0.05, 0) is 67.4 Å². The summed E-state index contributed by atoms with van der Waals surface area (Å²) in [6.45, 7) is 3.02. The fourth-order valence-electron chi connectivity index (χ4n) is 5.46. The van der Waals surface area contributed by atoms with Gasteiger partial charge in [-0.25, -0.2) is 18.7 Å². The number of likely N-dealkylation sites (tertiary alicyclic amines) is 1. The Morgan fingerprint density at radius 3 is 2.62 bits per heavy atom. The van der Waals surface area contributed by atoms with E-state index in [9.17, 15) is 4.39 Å². The van der Waals surface area contributed by atoms with Gasteiger partial charge in [-0.15, -0.1) is 0 Å². The molecule has 0 amide bonds. The van der Waals surface area contributed by atoms with Gasteiger partial charge in [0.1, 0.15) is 17.0 Å². The van der Waals surface area contributed by atoms with E-state index in [2.05, 4.69) is 41.1 Å². The molecule has 7 nitrogen and oxygen atoms in total. The molecule has 0 atom stereocenters. The zero-order chi connectivity index (χ0) is 26.3. The van der Waals surface area contributed by atoms with Crippen molar-refractivity contribution in [2.75, 3.05) is 13.1 Å². The maximum atomic E-state index is 15.3. The standard InChI is InChI=1S/C30H25F2N7/c31-24-7-3-2-6-21(24)22-8-9-34-29-27(22)35-30(36-29)28-23-13-19(14-25(32)26(23)37-38-28)20-12-18(15-33-16-20)17-39-10-4-1-5-11-39/h2-3,6-9,12-16H,1,4-5,10-11,17H2,(H,37,38)(H,34,35,36). The third-order valence-electron chi connectivity index (χ3n) is 7.39. The number of fused-ring (bicyclic) bond motifs is 2. The summed E-state index contributed by atoms with van der Waals surface area (Å²) in [5.41, 5.74) is 5.50. The van der Waals surface area contributed by atoms with Crippen molar-refractivity contribution in [3.63, 3.8) is 0 Å². The van der Waals surface area contributed by atoms with Crippen LogP contribution in [0.3, 0.4) is 0 Å². The lowest BCUT2D eigenvalue weighted by molar-refractivity contribution is 0.220. The van der Waals surface area contributed by atoms with Crippen molar-refractivity contribution in [1.82, 2.24) is 35.0 Å². The Bertz CT molecular complexity index is 1820. The molecule has 194 valence electrons. The van der Waals surface area contributed by atoms with Crippen molar-refractivity contribution >= 4 is 22.1 Å². The van der Waals surface area contributed by atoms with Crippen molar-refractivity contribution in [2.24, 2.45) is 0 Å². The molecule has 9 heteroatoms. The summed E-state index contributed by atoms with van der Waals surface area (Å²) in [6, 6.07) is 13.8. The molecule has 0 bridgehead atoms. The molecule has 0 radical (unpaired) electrons. The molecular weight excluding hydrogens is 496 g/mol. The molecule has 1 aliphatic rings. The van der Waals surface area contributed by atoms with Gasteiger partial charge in [0.2, 0.25) is 0 Å². The number of hydrogen-bond acceptors (Lipinski definition) is 5. The number of benzene rings is 2. The first kappa shape index (κ1) is 23.6. The maximum absolute atomic E-state index is 15.3. The Kier molecular flexibility index (Phi) is 5.85. The summed E-state index contributed by atoms with van der Waals surface area (Å²) in [5, 5.41) is 7.75. The summed E-state index contributed by atoms with van der Waals surface area (Å²) < 4.78 is 29.9. The predicted molar refractivity (Wildman–Crippen MR) is 147 cm³/mol. The van der Waals surface area contributed by atoms with Gasteiger partial charge >= 0.3 is 0 Å². The minimum absolute atomic E-state index is 0.217. The summed E-state index contributed by atoms with van der Waals surface area (Å²) in [6.07, 6.45) is 8.96. The van der Waals surface area contributed by atoms with E-state index in [0.29, 0.717) is 44.8 Å². The number of hydrogen-bond donors (Lipinski definition) is 2. The monoisotopic (exact) mass is 521 g/mol. The second-order valence-corrected chi connectivity index (χ2v) is 9.99. The Balaban J connectivity index is 1.29. The van der Waals surface area contributed by atoms with E-state index < -0.39 is 5.82 Å². The van der Waals surface area contributed by atoms with Crippen LogP contribution in [0.1, 0.15) is 24.8 Å². The number of aromatic amines is 2. The molecule has 0 aliphatic carbocycles. The van der Waals surface area contributed by atoms with Crippen LogP contribution >= 0.6 is 0 Å². The average molecular weight is 522 g/mol. The Hall–Kier alpha value is -4.50. The number of H-pyrrole nitrogens is 2. The number of aromatic nitrogens is 6. The van der Waals surface area contributed by atoms with Crippen LogP contribution in [0, 0.1) is 11.6 Å². The summed E-state index contributed by atoms with van der Waals surface area (Å²) >= 11 is 0. The first-order valence-corrected chi connectivity index (χ1v) is 13.1. The number of rotatable bonds is 5. The summed E-state index contributed by atoms with van der Waals surface area (Å²) in [7, 11) is 0. The lowest BCUT2D eigenvalue weighted by Gasteiger charge is -2.26. The van der Waals surface area contributed by atoms with E-state index in [1.54, 1.807) is 36.7 Å². The van der Waals surface area contributed by atoms with Crippen molar-refractivity contribution < 1.29 is 8.78 Å². The number of nitrogens with zero attached hydrogens (tertiary/aromatic N) is 5. The largest absolute Gasteiger partial charge is 0.335 e. The molecule has 2 aromatic carbocycles. The molecule has 1 fully saturated rings. The first-order valence-electron chi connectivity index (χ1n) is 13.1. The minimum Gasteiger partial charge on any atom is -0.335 e. The zero-order valence-corrected chi connectivity index (χ0v) is 21.1. The highest BCUT2D eigenvalue weighted by Gasteiger charge is 2.19. The molecule has 1 saturated heterocycles. The van der Waals surface area contributed by atoms with E-state index in [-0.39, 0.29) is 11.3 Å². The number of halogens is 2. The van der Waals surface area contributed by atoms with Gasteiger partial charge in [-0.3, -0.25) is 15.0 Å². The third-order valence-corrected chi connectivity index (χ3v) is 7.39. The van der Waals surface area contributed by atoms with Crippen molar-refractivity contribution in [2.45, 2.75) is 25.8 Å². The van der Waals surface area contributed by atoms with Gasteiger partial charge in [0.05, 0.1) is 5.52 Å². The van der Waals surface area contributed by atoms with Crippen LogP contribution in [0.5, 0.6) is 0 Å². The Morgan fingerprint density at radius 1 is 0.872 bits per heavy atom. The second kappa shape index (κ2) is 9.67. The summed E-state index contributed by atoms with van der Waals surface area (Å²) in [4.78, 5) is 19.1. The Morgan fingerprint density at radius 2 is 1.74 bits per heavy atom. The van der Waals surface area contributed by atoms with E-state index in [1.165, 1.54) is 31.4 Å². The number of piperidine rings is 1. The molecule has 1 aliphatic heterocycles. The molecule has 2 N–H and O–H groups in total. The number of nitrogens with one attached hydrogen (secondary N) is 2. The topological polar surface area (TPSA) is 86.4 Å². The molecular formula is C30H25F2N7. The Labute approximate surface area is 223 Å². The highest BCUT2D eigenvalue weighted by atomic mass is 19.1. The lowest BCUT2D eigenvalue weighted by atomic mass is 10.0. The van der Waals surface area contributed by atoms with E-state index in [4.69, 9.17) is 0 Å². The van der Waals surface area contributed by atoms with Crippen LogP contribution in [-0.4, -0.2) is 48.1 Å². The summed E-state index contributed by atoms with van der Waals surface area (Å²) in [5.74, 6) is -0.332. The molecule has 4 aromatic heterocycles. The third kappa shape index (κ3) is 4.34. The second-order valence-electron chi connectivity index (χ2n) is 9.99. The average Bonchev–Trinajstić information content (AvgIpc) is 3.59. The normalized spacial score (nSPS) is 14.4. The van der Waals surface area contributed by atoms with Gasteiger partial charge < -0.3 is 4.98 Å². The number of imidazole rings is 1. The molecule has 5 heterocycles. The van der Waals surface area contributed by atoms with Crippen LogP contribution in [0.25, 0.3) is 55.8 Å². The highest BCUT2D eigenvalue weighted by molar-refractivity contribution is 5.97. The van der Waals surface area contributed by atoms with E-state index in [1.807, 2.05) is 12.3 Å². The van der Waals surface area contributed by atoms with E-state index >= 15 is 4.39 Å². The predicted octanol–water partition coefficient (Wildman–Crippen LogP) is 6.49. The fourth-order valence-corrected chi connectivity index (χ4v) is 5.46. The van der Waals surface area contributed by atoms with Gasteiger partial charge in [0, 0.05) is 47.2 Å². The maximum Gasteiger partial charge on any atom is 0.178 e. The van der Waals surface area contributed by atoms with Crippen molar-refractivity contribution in [1.29, 1.82) is 0 Å². The smallest absolute Gasteiger partial charge is 0.178 e. The van der Waals surface area contributed by atoms with E-state index in [0.717, 1.165) is 30.8 Å². The van der Waals surface area contributed by atoms with Crippen molar-refractivity contribution in [3.8, 4) is 33.8 Å². The quantitative estimate of drug-likeness (QED) is 0.271. The molecule has 6 aromatic rings. The molecule has 7 rings (SSSR count). The molecule has 0 spiro atoms. The number of pyridine rings is 2. The van der Waals surface area contributed by atoms with Gasteiger partial charge in [-0.2, -0.15) is 5.10 Å². The molecule has 0 unspecified atom stereocenters. The van der Waals surface area contributed by atoms with Crippen molar-refractivity contribution in [3.05, 3.63) is 84.3 Å². The fraction of sp³-hybridized carbons (Fsp3) is 0.200. The highest BCUT2D eigenvalue weighted by Crippen LogP contribution is 2.34. The van der Waals surface area contributed by atoms with Gasteiger partial charge in [0.25, 0.3) is 0 Å². The van der Waals surface area contributed by atoms with Gasteiger partial charge in [-0.1, -0.05) is 24.6 Å². The van der Waals surface area contributed by atoms with Crippen LogP contribution < -0.4 is 0 Å². The molecule has 39 heavy (non-hydrogen) atoms.